The Morgan fingerprint density at radius 1 is 1.21 bits per heavy atom. The summed E-state index contributed by atoms with van der Waals surface area (Å²) in [6, 6.07) is 5.75. The molecule has 0 aliphatic rings. The van der Waals surface area contributed by atoms with Crippen molar-refractivity contribution in [3.63, 3.8) is 0 Å². The smallest absolute Gasteiger partial charge is 0.331 e. The lowest BCUT2D eigenvalue weighted by molar-refractivity contribution is -0.137. The van der Waals surface area contributed by atoms with Crippen LogP contribution in [0.1, 0.15) is 28.1 Å². The minimum absolute atomic E-state index is 0.288. The van der Waals surface area contributed by atoms with E-state index in [1.165, 1.54) is 12.0 Å². The fourth-order valence-corrected chi connectivity index (χ4v) is 3.83. The van der Waals surface area contributed by atoms with Gasteiger partial charge in [-0.2, -0.15) is 13.2 Å². The average molecular weight is 449 g/mol. The van der Waals surface area contributed by atoms with Gasteiger partial charge >= 0.3 is 6.18 Å². The molecule has 3 rings (SSSR count). The molecular weight excluding hydrogens is 432 g/mol. The van der Waals surface area contributed by atoms with Crippen LogP contribution < -0.4 is 0 Å². The summed E-state index contributed by atoms with van der Waals surface area (Å²) in [5, 5.41) is 0.943. The molecule has 0 amide bonds. The summed E-state index contributed by atoms with van der Waals surface area (Å²) in [4.78, 5) is 4.55. The number of fused-ring (bicyclic) bond motifs is 1. The highest BCUT2D eigenvalue weighted by atomic mass is 35.5. The summed E-state index contributed by atoms with van der Waals surface area (Å²) in [7, 11) is 1.69. The SMILES string of the molecule is CSOCc1ccc(Cl)c(Cc2nc3c(C)cc(C(F)(F)F)cc3n2C)c1Cl. The van der Waals surface area contributed by atoms with Crippen molar-refractivity contribution < 1.29 is 17.4 Å². The average Bonchev–Trinajstić information content (AvgIpc) is 2.94. The molecule has 0 N–H and O–H groups in total. The molecule has 3 nitrogen and oxygen atoms in total. The predicted molar refractivity (Wildman–Crippen MR) is 108 cm³/mol. The first kappa shape index (κ1) is 21.3. The van der Waals surface area contributed by atoms with Gasteiger partial charge in [-0.05, 0) is 53.9 Å². The number of alkyl halides is 3. The van der Waals surface area contributed by atoms with Crippen molar-refractivity contribution in [2.24, 2.45) is 7.05 Å². The molecular formula is C19H17Cl2F3N2OS. The first-order valence-corrected chi connectivity index (χ1v) is 10.2. The maximum absolute atomic E-state index is 13.2. The zero-order valence-corrected chi connectivity index (χ0v) is 17.7. The molecule has 1 aromatic heterocycles. The quantitative estimate of drug-likeness (QED) is 0.411. The molecule has 0 spiro atoms. The molecule has 0 bridgehead atoms. The lowest BCUT2D eigenvalue weighted by Crippen LogP contribution is -2.06. The number of aryl methyl sites for hydroxylation is 2. The molecule has 0 fully saturated rings. The summed E-state index contributed by atoms with van der Waals surface area (Å²) >= 11 is 14.1. The number of aromatic nitrogens is 2. The van der Waals surface area contributed by atoms with E-state index >= 15 is 0 Å². The van der Waals surface area contributed by atoms with E-state index in [4.69, 9.17) is 27.4 Å². The van der Waals surface area contributed by atoms with Crippen LogP contribution in [0, 0.1) is 6.92 Å². The number of rotatable bonds is 5. The van der Waals surface area contributed by atoms with Gasteiger partial charge in [0, 0.05) is 24.7 Å². The molecule has 28 heavy (non-hydrogen) atoms. The van der Waals surface area contributed by atoms with E-state index < -0.39 is 11.7 Å². The van der Waals surface area contributed by atoms with Crippen LogP contribution >= 0.6 is 35.2 Å². The Hall–Kier alpha value is -1.41. The second kappa shape index (κ2) is 8.14. The van der Waals surface area contributed by atoms with Gasteiger partial charge in [0.1, 0.15) is 5.82 Å². The summed E-state index contributed by atoms with van der Waals surface area (Å²) in [5.41, 5.74) is 2.16. The van der Waals surface area contributed by atoms with Gasteiger partial charge in [-0.25, -0.2) is 4.98 Å². The second-order valence-corrected chi connectivity index (χ2v) is 7.70. The van der Waals surface area contributed by atoms with Crippen LogP contribution in [0.4, 0.5) is 13.2 Å². The Morgan fingerprint density at radius 3 is 2.57 bits per heavy atom. The van der Waals surface area contributed by atoms with E-state index in [1.54, 1.807) is 30.7 Å². The van der Waals surface area contributed by atoms with Gasteiger partial charge in [-0.3, -0.25) is 0 Å². The summed E-state index contributed by atoms with van der Waals surface area (Å²) in [6.45, 7) is 1.94. The van der Waals surface area contributed by atoms with Crippen LogP contribution in [0.15, 0.2) is 24.3 Å². The zero-order chi connectivity index (χ0) is 20.6. The standard InChI is InChI=1S/C19H17Cl2F3N2OS/c1-10-6-12(19(22,23)24)7-15-18(10)25-16(26(15)2)8-13-14(20)5-4-11(17(13)21)9-27-28-3/h4-7H,8-9H2,1-3H3. The zero-order valence-electron chi connectivity index (χ0n) is 15.3. The van der Waals surface area contributed by atoms with Crippen LogP contribution in [0.5, 0.6) is 0 Å². The van der Waals surface area contributed by atoms with Gasteiger partial charge < -0.3 is 8.75 Å². The maximum atomic E-state index is 13.2. The molecule has 0 saturated carbocycles. The summed E-state index contributed by atoms with van der Waals surface area (Å²) < 4.78 is 46.5. The van der Waals surface area contributed by atoms with Gasteiger partial charge in [0.2, 0.25) is 0 Å². The van der Waals surface area contributed by atoms with Crippen molar-refractivity contribution in [1.29, 1.82) is 0 Å². The molecule has 0 aliphatic carbocycles. The molecule has 0 radical (unpaired) electrons. The Bertz CT molecular complexity index is 1030. The van der Waals surface area contributed by atoms with Crippen LogP contribution in [0.2, 0.25) is 10.0 Å². The van der Waals surface area contributed by atoms with Crippen LogP contribution in [-0.4, -0.2) is 15.8 Å². The first-order chi connectivity index (χ1) is 13.1. The molecule has 150 valence electrons. The number of imidazole rings is 1. The molecule has 0 aliphatic heterocycles. The number of hydrogen-bond acceptors (Lipinski definition) is 3. The third kappa shape index (κ3) is 4.13. The maximum Gasteiger partial charge on any atom is 0.416 e. The Labute approximate surface area is 175 Å². The molecule has 1 heterocycles. The minimum atomic E-state index is -4.42. The monoisotopic (exact) mass is 448 g/mol. The van der Waals surface area contributed by atoms with E-state index in [-0.39, 0.29) is 6.42 Å². The van der Waals surface area contributed by atoms with Crippen molar-refractivity contribution in [3.8, 4) is 0 Å². The summed E-state index contributed by atoms with van der Waals surface area (Å²) in [6.07, 6.45) is -2.32. The molecule has 2 aromatic carbocycles. The lowest BCUT2D eigenvalue weighted by atomic mass is 10.1. The molecule has 9 heteroatoms. The number of hydrogen-bond donors (Lipinski definition) is 0. The topological polar surface area (TPSA) is 27.1 Å². The Morgan fingerprint density at radius 2 is 1.93 bits per heavy atom. The van der Waals surface area contributed by atoms with E-state index in [9.17, 15) is 13.2 Å². The molecule has 3 aromatic rings. The predicted octanol–water partition coefficient (Wildman–Crippen LogP) is 6.59. The molecule has 0 atom stereocenters. The third-order valence-electron chi connectivity index (χ3n) is 4.53. The largest absolute Gasteiger partial charge is 0.416 e. The highest BCUT2D eigenvalue weighted by Gasteiger charge is 2.32. The van der Waals surface area contributed by atoms with Crippen molar-refractivity contribution in [2.75, 3.05) is 6.26 Å². The Balaban J connectivity index is 2.06. The van der Waals surface area contributed by atoms with E-state index in [0.717, 1.165) is 17.7 Å². The van der Waals surface area contributed by atoms with Crippen molar-refractivity contribution >= 4 is 46.3 Å². The van der Waals surface area contributed by atoms with Crippen molar-refractivity contribution in [1.82, 2.24) is 9.55 Å². The normalized spacial score (nSPS) is 12.1. The van der Waals surface area contributed by atoms with E-state index in [1.807, 2.05) is 6.26 Å². The Kier molecular flexibility index (Phi) is 6.20. The fourth-order valence-electron chi connectivity index (χ4n) is 3.03. The number of benzene rings is 2. The van der Waals surface area contributed by atoms with Gasteiger partial charge in [0.25, 0.3) is 0 Å². The van der Waals surface area contributed by atoms with Gasteiger partial charge in [0.05, 0.1) is 28.2 Å². The summed E-state index contributed by atoms with van der Waals surface area (Å²) in [5.74, 6) is 0.573. The third-order valence-corrected chi connectivity index (χ3v) is 5.71. The lowest BCUT2D eigenvalue weighted by Gasteiger charge is -2.12. The fraction of sp³-hybridized carbons (Fsp3) is 0.316. The van der Waals surface area contributed by atoms with Crippen LogP contribution in [0.25, 0.3) is 11.0 Å². The minimum Gasteiger partial charge on any atom is -0.331 e. The molecule has 0 unspecified atom stereocenters. The van der Waals surface area contributed by atoms with Crippen molar-refractivity contribution in [3.05, 3.63) is 62.4 Å². The van der Waals surface area contributed by atoms with Crippen LogP contribution in [0.3, 0.4) is 0 Å². The first-order valence-electron chi connectivity index (χ1n) is 8.28. The van der Waals surface area contributed by atoms with Gasteiger partial charge in [-0.15, -0.1) is 0 Å². The van der Waals surface area contributed by atoms with E-state index in [0.29, 0.717) is 44.6 Å². The molecule has 0 saturated heterocycles. The highest BCUT2D eigenvalue weighted by molar-refractivity contribution is 7.93. The van der Waals surface area contributed by atoms with Crippen molar-refractivity contribution in [2.45, 2.75) is 26.1 Å². The number of halogens is 5. The highest BCUT2D eigenvalue weighted by Crippen LogP contribution is 2.35. The van der Waals surface area contributed by atoms with Gasteiger partial charge in [-0.1, -0.05) is 29.3 Å². The van der Waals surface area contributed by atoms with Crippen LogP contribution in [-0.2, 0) is 30.4 Å². The second-order valence-electron chi connectivity index (χ2n) is 6.35. The number of nitrogens with zero attached hydrogens (tertiary/aromatic N) is 2. The van der Waals surface area contributed by atoms with E-state index in [2.05, 4.69) is 4.98 Å². The van der Waals surface area contributed by atoms with Gasteiger partial charge in [0.15, 0.2) is 0 Å².